The van der Waals surface area contributed by atoms with E-state index < -0.39 is 96.2 Å². The lowest BCUT2D eigenvalue weighted by Crippen LogP contribution is -1.91. The number of benzene rings is 7. The maximum absolute atomic E-state index is 9.27. The van der Waals surface area contributed by atoms with Gasteiger partial charge in [-0.2, -0.15) is 0 Å². The van der Waals surface area contributed by atoms with Crippen molar-refractivity contribution < 1.29 is 25.0 Å². The van der Waals surface area contributed by atoms with E-state index in [4.69, 9.17) is 18.1 Å². The van der Waals surface area contributed by atoms with Crippen LogP contribution < -0.4 is 0 Å². The average molecular weight is 486 g/mol. The molecule has 0 amide bonds. The van der Waals surface area contributed by atoms with E-state index >= 15 is 0 Å². The lowest BCUT2D eigenvalue weighted by atomic mass is 9.84. The van der Waals surface area contributed by atoms with Crippen LogP contribution in [0.3, 0.4) is 0 Å². The van der Waals surface area contributed by atoms with Crippen LogP contribution in [-0.4, -0.2) is 0 Å². The fourth-order valence-corrected chi connectivity index (χ4v) is 5.06. The molecular weight excluding hydrogens is 448 g/mol. The van der Waals surface area contributed by atoms with E-state index in [-0.39, 0.29) is 54.6 Å². The molecular formula is C36H22O. The second kappa shape index (κ2) is 7.81. The van der Waals surface area contributed by atoms with Crippen molar-refractivity contribution in [1.29, 1.82) is 0 Å². The maximum Gasteiger partial charge on any atom is 0.136 e. The zero-order valence-electron chi connectivity index (χ0n) is 33.9. The van der Waals surface area contributed by atoms with Gasteiger partial charge in [0.25, 0.3) is 0 Å². The van der Waals surface area contributed by atoms with E-state index in [0.29, 0.717) is 5.56 Å². The fourth-order valence-electron chi connectivity index (χ4n) is 5.06. The van der Waals surface area contributed by atoms with Gasteiger partial charge in [0, 0.05) is 10.8 Å². The fraction of sp³-hybridized carbons (Fsp3) is 0. The normalized spacial score (nSPS) is 17.5. The molecule has 8 aromatic rings. The monoisotopic (exact) mass is 485 g/mol. The Balaban J connectivity index is 1.77. The Kier molecular flexibility index (Phi) is 2.24. The van der Waals surface area contributed by atoms with Crippen LogP contribution >= 0.6 is 0 Å². The van der Waals surface area contributed by atoms with Crippen molar-refractivity contribution in [1.82, 2.24) is 0 Å². The van der Waals surface area contributed by atoms with Crippen molar-refractivity contribution in [3.8, 4) is 22.3 Å². The first-order valence-electron chi connectivity index (χ1n) is 19.0. The summed E-state index contributed by atoms with van der Waals surface area (Å²) in [5, 5.41) is 0.286. The number of para-hydroxylation sites is 1. The molecule has 0 unspecified atom stereocenters. The highest BCUT2D eigenvalue weighted by atomic mass is 16.3. The SMILES string of the molecule is [2H]c1c([2H])c([2H])c2c(oc3c([2H])c([2H])c([2H])c(-c4c5c([2H])c([2H])c([2H])c([2H])c5c(-c5ccc6ccccc6c5)c5c([2H])c([2H])c([2H])c([2H])c45)c32)c1[2H]. The Labute approximate surface area is 235 Å². The molecule has 0 spiro atoms. The lowest BCUT2D eigenvalue weighted by molar-refractivity contribution is 0.669. The highest BCUT2D eigenvalue weighted by molar-refractivity contribution is 6.25. The first-order valence-corrected chi connectivity index (χ1v) is 11.5. The molecule has 0 aliphatic rings. The third-order valence-electron chi connectivity index (χ3n) is 6.61. The van der Waals surface area contributed by atoms with Crippen molar-refractivity contribution in [2.75, 3.05) is 0 Å². The van der Waals surface area contributed by atoms with Crippen LogP contribution in [0.1, 0.15) is 20.6 Å². The van der Waals surface area contributed by atoms with Gasteiger partial charge in [-0.15, -0.1) is 0 Å². The molecule has 1 aromatic heterocycles. The first-order chi connectivity index (χ1) is 24.6. The Morgan fingerprint density at radius 2 is 1.08 bits per heavy atom. The molecule has 8 rings (SSSR count). The highest BCUT2D eigenvalue weighted by Crippen LogP contribution is 2.46. The van der Waals surface area contributed by atoms with Crippen molar-refractivity contribution >= 4 is 54.3 Å². The minimum Gasteiger partial charge on any atom is -0.456 e. The zero-order valence-corrected chi connectivity index (χ0v) is 18.9. The molecule has 0 radical (unpaired) electrons. The predicted molar refractivity (Wildman–Crippen MR) is 157 cm³/mol. The number of hydrogen-bond acceptors (Lipinski definition) is 1. The van der Waals surface area contributed by atoms with Gasteiger partial charge < -0.3 is 4.42 Å². The summed E-state index contributed by atoms with van der Waals surface area (Å²) >= 11 is 0. The Morgan fingerprint density at radius 3 is 1.81 bits per heavy atom. The van der Waals surface area contributed by atoms with Crippen LogP contribution in [0, 0.1) is 0 Å². The maximum atomic E-state index is 9.27. The highest BCUT2D eigenvalue weighted by Gasteiger charge is 2.20. The Morgan fingerprint density at radius 1 is 0.486 bits per heavy atom. The van der Waals surface area contributed by atoms with Gasteiger partial charge >= 0.3 is 0 Å². The van der Waals surface area contributed by atoms with Crippen molar-refractivity contribution in [2.45, 2.75) is 0 Å². The van der Waals surface area contributed by atoms with Crippen LogP contribution in [0.4, 0.5) is 0 Å². The quantitative estimate of drug-likeness (QED) is 0.222. The van der Waals surface area contributed by atoms with E-state index in [1.165, 1.54) is 0 Å². The third-order valence-corrected chi connectivity index (χ3v) is 6.61. The van der Waals surface area contributed by atoms with Gasteiger partial charge in [0.2, 0.25) is 0 Å². The van der Waals surface area contributed by atoms with Gasteiger partial charge in [0.05, 0.1) is 20.6 Å². The summed E-state index contributed by atoms with van der Waals surface area (Å²) in [6, 6.07) is 3.09. The average Bonchev–Trinajstić information content (AvgIpc) is 3.54. The Bertz CT molecular complexity index is 2890. The first kappa shape index (κ1) is 10.6. The molecule has 0 N–H and O–H groups in total. The van der Waals surface area contributed by atoms with Gasteiger partial charge in [-0.25, -0.2) is 0 Å². The minimum atomic E-state index is -0.710. The van der Waals surface area contributed by atoms with Crippen LogP contribution in [0.2, 0.25) is 0 Å². The van der Waals surface area contributed by atoms with E-state index in [9.17, 15) is 6.85 Å². The summed E-state index contributed by atoms with van der Waals surface area (Å²) in [4.78, 5) is 0. The molecule has 0 aliphatic carbocycles. The standard InChI is InChI=1S/C36H22O/c1-2-11-24-22-25(21-20-23(24)10-1)34-26-12-3-5-14-28(26)35(29-15-6-4-13-27(29)34)31-17-9-19-33-36(31)30-16-7-8-18-32(30)37-33/h1-22H/i3D,4D,5D,6D,7D,8D,9D,12D,13D,14D,15D,16D,17D,18D,19D. The van der Waals surface area contributed by atoms with Crippen molar-refractivity contribution in [2.24, 2.45) is 0 Å². The lowest BCUT2D eigenvalue weighted by Gasteiger charge is -2.18. The molecule has 0 saturated carbocycles. The molecule has 0 saturated heterocycles. The van der Waals surface area contributed by atoms with Gasteiger partial charge in [0.1, 0.15) is 11.2 Å². The zero-order chi connectivity index (χ0) is 37.4. The summed E-state index contributed by atoms with van der Waals surface area (Å²) in [6.07, 6.45) is 0. The second-order valence-electron chi connectivity index (χ2n) is 8.57. The van der Waals surface area contributed by atoms with Crippen LogP contribution in [0.5, 0.6) is 0 Å². The van der Waals surface area contributed by atoms with Crippen LogP contribution in [-0.2, 0) is 0 Å². The molecule has 37 heavy (non-hydrogen) atoms. The topological polar surface area (TPSA) is 13.1 Å². The third kappa shape index (κ3) is 2.98. The van der Waals surface area contributed by atoms with Crippen LogP contribution in [0.15, 0.2) is 138 Å². The molecule has 1 heterocycles. The van der Waals surface area contributed by atoms with Gasteiger partial charge in [0.15, 0.2) is 0 Å². The molecule has 1 heteroatoms. The van der Waals surface area contributed by atoms with Crippen molar-refractivity contribution in [3.05, 3.63) is 133 Å². The minimum absolute atomic E-state index is 0.0726. The van der Waals surface area contributed by atoms with Crippen LogP contribution in [0.25, 0.3) is 76.5 Å². The van der Waals surface area contributed by atoms with Crippen molar-refractivity contribution in [3.63, 3.8) is 0 Å². The largest absolute Gasteiger partial charge is 0.456 e. The summed E-state index contributed by atoms with van der Waals surface area (Å²) < 4.78 is 138. The van der Waals surface area contributed by atoms with E-state index in [0.717, 1.165) is 10.8 Å². The number of fused-ring (bicyclic) bond motifs is 6. The predicted octanol–water partition coefficient (Wildman–Crippen LogP) is 10.4. The molecule has 0 atom stereocenters. The molecule has 172 valence electrons. The van der Waals surface area contributed by atoms with E-state index in [1.807, 2.05) is 24.3 Å². The number of furan rings is 1. The molecule has 0 aliphatic heterocycles. The van der Waals surface area contributed by atoms with Gasteiger partial charge in [-0.05, 0) is 72.7 Å². The smallest absolute Gasteiger partial charge is 0.136 e. The second-order valence-corrected chi connectivity index (χ2v) is 8.57. The Hall–Kier alpha value is -4.88. The molecule has 1 nitrogen and oxygen atoms in total. The summed E-state index contributed by atoms with van der Waals surface area (Å²) in [5.41, 5.74) is -0.992. The summed E-state index contributed by atoms with van der Waals surface area (Å²) in [6.45, 7) is 0. The van der Waals surface area contributed by atoms with Gasteiger partial charge in [-0.3, -0.25) is 0 Å². The van der Waals surface area contributed by atoms with Gasteiger partial charge in [-0.1, -0.05) is 115 Å². The molecule has 0 bridgehead atoms. The summed E-state index contributed by atoms with van der Waals surface area (Å²) in [5.74, 6) is 0. The van der Waals surface area contributed by atoms with E-state index in [2.05, 4.69) is 0 Å². The molecule has 0 fully saturated rings. The molecule has 7 aromatic carbocycles. The number of hydrogen-bond donors (Lipinski definition) is 0. The number of rotatable bonds is 2. The van der Waals surface area contributed by atoms with E-state index in [1.54, 1.807) is 18.2 Å². The summed E-state index contributed by atoms with van der Waals surface area (Å²) in [7, 11) is 0.